The Kier molecular flexibility index (Phi) is 5.11. The zero-order valence-electron chi connectivity index (χ0n) is 11.9. The van der Waals surface area contributed by atoms with Crippen molar-refractivity contribution in [3.63, 3.8) is 0 Å². The molecular weight excluding hydrogens is 284 g/mol. The Balaban J connectivity index is 2.06. The van der Waals surface area contributed by atoms with Crippen LogP contribution in [0, 0.1) is 0 Å². The summed E-state index contributed by atoms with van der Waals surface area (Å²) in [6.07, 6.45) is 1.69. The molecule has 0 saturated heterocycles. The monoisotopic (exact) mass is 300 g/mol. The molecule has 2 rings (SSSR count). The van der Waals surface area contributed by atoms with E-state index in [1.165, 1.54) is 18.7 Å². The maximum atomic E-state index is 12.2. The van der Waals surface area contributed by atoms with Gasteiger partial charge in [-0.15, -0.1) is 0 Å². The number of aromatic nitrogens is 1. The van der Waals surface area contributed by atoms with Crippen molar-refractivity contribution in [3.8, 4) is 0 Å². The van der Waals surface area contributed by atoms with Gasteiger partial charge in [0.05, 0.1) is 16.0 Å². The lowest BCUT2D eigenvalue weighted by molar-refractivity contribution is -0.115. The molecule has 0 aliphatic heterocycles. The van der Waals surface area contributed by atoms with Gasteiger partial charge < -0.3 is 5.32 Å². The summed E-state index contributed by atoms with van der Waals surface area (Å²) >= 11 is 1.38. The summed E-state index contributed by atoms with van der Waals surface area (Å²) in [6, 6.07) is 12.6. The number of hydrogen-bond acceptors (Lipinski definition) is 4. The van der Waals surface area contributed by atoms with Crippen molar-refractivity contribution in [2.24, 2.45) is 0 Å². The summed E-state index contributed by atoms with van der Waals surface area (Å²) in [5, 5.41) is 3.29. The molecule has 1 N–H and O–H groups in total. The van der Waals surface area contributed by atoms with Crippen molar-refractivity contribution in [3.05, 3.63) is 54.2 Å². The van der Waals surface area contributed by atoms with Crippen molar-refractivity contribution in [1.82, 2.24) is 4.98 Å². The van der Waals surface area contributed by atoms with Crippen LogP contribution >= 0.6 is 11.8 Å². The van der Waals surface area contributed by atoms with E-state index in [0.29, 0.717) is 11.3 Å². The molecule has 1 heterocycles. The third-order valence-electron chi connectivity index (χ3n) is 2.87. The molecule has 0 aliphatic carbocycles. The molecule has 1 amide bonds. The maximum absolute atomic E-state index is 12.2. The van der Waals surface area contributed by atoms with Crippen molar-refractivity contribution in [1.29, 1.82) is 0 Å². The first-order valence-electron chi connectivity index (χ1n) is 6.56. The lowest BCUT2D eigenvalue weighted by Crippen LogP contribution is -2.23. The van der Waals surface area contributed by atoms with Crippen LogP contribution in [0.1, 0.15) is 24.2 Å². The molecule has 2 aromatic rings. The normalized spacial score (nSPS) is 11.7. The fraction of sp³-hybridized carbons (Fsp3) is 0.188. The number of hydrogen-bond donors (Lipinski definition) is 1. The minimum Gasteiger partial charge on any atom is -0.324 e. The first-order valence-corrected chi connectivity index (χ1v) is 7.44. The quantitative estimate of drug-likeness (QED) is 0.679. The Morgan fingerprint density at radius 2 is 1.86 bits per heavy atom. The SMILES string of the molecule is CC(=O)c1ccccc1NC(=O)C(C)Sc1ccccn1. The van der Waals surface area contributed by atoms with Crippen LogP contribution in [-0.2, 0) is 4.79 Å². The van der Waals surface area contributed by atoms with Gasteiger partial charge in [-0.05, 0) is 38.1 Å². The van der Waals surface area contributed by atoms with E-state index in [1.54, 1.807) is 30.5 Å². The molecule has 21 heavy (non-hydrogen) atoms. The number of nitrogens with one attached hydrogen (secondary N) is 1. The van der Waals surface area contributed by atoms with Crippen LogP contribution in [-0.4, -0.2) is 21.9 Å². The van der Waals surface area contributed by atoms with Crippen molar-refractivity contribution in [2.45, 2.75) is 24.1 Å². The molecule has 1 aromatic carbocycles. The summed E-state index contributed by atoms with van der Waals surface area (Å²) in [4.78, 5) is 27.9. The first-order chi connectivity index (χ1) is 10.1. The maximum Gasteiger partial charge on any atom is 0.237 e. The Labute approximate surface area is 128 Å². The van der Waals surface area contributed by atoms with Crippen LogP contribution in [0.4, 0.5) is 5.69 Å². The highest BCUT2D eigenvalue weighted by Gasteiger charge is 2.17. The Bertz CT molecular complexity index is 644. The van der Waals surface area contributed by atoms with E-state index in [0.717, 1.165) is 5.03 Å². The topological polar surface area (TPSA) is 59.1 Å². The van der Waals surface area contributed by atoms with Crippen LogP contribution in [0.2, 0.25) is 0 Å². The second-order valence-corrected chi connectivity index (χ2v) is 5.88. The van der Waals surface area contributed by atoms with Crippen molar-refractivity contribution >= 4 is 29.1 Å². The molecular formula is C16H16N2O2S. The van der Waals surface area contributed by atoms with Gasteiger partial charge in [0.25, 0.3) is 0 Å². The molecule has 5 heteroatoms. The van der Waals surface area contributed by atoms with Crippen molar-refractivity contribution in [2.75, 3.05) is 5.32 Å². The number of para-hydroxylation sites is 1. The van der Waals surface area contributed by atoms with Gasteiger partial charge in [0, 0.05) is 11.8 Å². The predicted octanol–water partition coefficient (Wildman–Crippen LogP) is 3.40. The van der Waals surface area contributed by atoms with Gasteiger partial charge in [0.1, 0.15) is 0 Å². The van der Waals surface area contributed by atoms with E-state index in [2.05, 4.69) is 10.3 Å². The smallest absolute Gasteiger partial charge is 0.237 e. The molecule has 0 fully saturated rings. The molecule has 1 atom stereocenters. The van der Waals surface area contributed by atoms with Crippen LogP contribution < -0.4 is 5.32 Å². The number of nitrogens with zero attached hydrogens (tertiary/aromatic N) is 1. The Morgan fingerprint density at radius 1 is 1.14 bits per heavy atom. The van der Waals surface area contributed by atoms with Crippen LogP contribution in [0.5, 0.6) is 0 Å². The number of thioether (sulfide) groups is 1. The highest BCUT2D eigenvalue weighted by molar-refractivity contribution is 8.00. The number of ketones is 1. The highest BCUT2D eigenvalue weighted by Crippen LogP contribution is 2.23. The van der Waals surface area contributed by atoms with Gasteiger partial charge in [-0.1, -0.05) is 30.0 Å². The van der Waals surface area contributed by atoms with Gasteiger partial charge in [-0.2, -0.15) is 0 Å². The Morgan fingerprint density at radius 3 is 2.52 bits per heavy atom. The molecule has 0 spiro atoms. The molecule has 0 aliphatic rings. The lowest BCUT2D eigenvalue weighted by Gasteiger charge is -2.13. The summed E-state index contributed by atoms with van der Waals surface area (Å²) in [7, 11) is 0. The molecule has 108 valence electrons. The fourth-order valence-electron chi connectivity index (χ4n) is 1.78. The second kappa shape index (κ2) is 7.04. The number of pyridine rings is 1. The van der Waals surface area contributed by atoms with Gasteiger partial charge in [0.15, 0.2) is 5.78 Å². The van der Waals surface area contributed by atoms with Crippen molar-refractivity contribution < 1.29 is 9.59 Å². The van der Waals surface area contributed by atoms with Gasteiger partial charge in [-0.3, -0.25) is 9.59 Å². The number of carbonyl (C=O) groups is 2. The van der Waals surface area contributed by atoms with Crippen LogP contribution in [0.25, 0.3) is 0 Å². The van der Waals surface area contributed by atoms with E-state index >= 15 is 0 Å². The number of rotatable bonds is 5. The number of anilines is 1. The summed E-state index contributed by atoms with van der Waals surface area (Å²) in [5.41, 5.74) is 1.06. The zero-order chi connectivity index (χ0) is 15.2. The third-order valence-corrected chi connectivity index (χ3v) is 3.92. The first kappa shape index (κ1) is 15.3. The fourth-order valence-corrected chi connectivity index (χ4v) is 2.59. The highest BCUT2D eigenvalue weighted by atomic mass is 32.2. The van der Waals surface area contributed by atoms with E-state index in [1.807, 2.05) is 25.1 Å². The minimum atomic E-state index is -0.306. The molecule has 0 radical (unpaired) electrons. The molecule has 1 aromatic heterocycles. The summed E-state index contributed by atoms with van der Waals surface area (Å²) < 4.78 is 0. The van der Waals surface area contributed by atoms with E-state index in [4.69, 9.17) is 0 Å². The predicted molar refractivity (Wildman–Crippen MR) is 84.6 cm³/mol. The number of amides is 1. The lowest BCUT2D eigenvalue weighted by atomic mass is 10.1. The summed E-state index contributed by atoms with van der Waals surface area (Å²) in [6.45, 7) is 3.29. The number of Topliss-reactive ketones (excluding diaryl/α,β-unsaturated/α-hetero) is 1. The van der Waals surface area contributed by atoms with Gasteiger partial charge in [-0.25, -0.2) is 4.98 Å². The van der Waals surface area contributed by atoms with E-state index in [-0.39, 0.29) is 16.9 Å². The molecule has 4 nitrogen and oxygen atoms in total. The van der Waals surface area contributed by atoms with Crippen LogP contribution in [0.15, 0.2) is 53.7 Å². The third kappa shape index (κ3) is 4.16. The van der Waals surface area contributed by atoms with Gasteiger partial charge >= 0.3 is 0 Å². The number of benzene rings is 1. The zero-order valence-corrected chi connectivity index (χ0v) is 12.7. The summed E-state index contributed by atoms with van der Waals surface area (Å²) in [5.74, 6) is -0.227. The van der Waals surface area contributed by atoms with Crippen LogP contribution in [0.3, 0.4) is 0 Å². The second-order valence-electron chi connectivity index (χ2n) is 4.52. The van der Waals surface area contributed by atoms with E-state index < -0.39 is 0 Å². The van der Waals surface area contributed by atoms with E-state index in [9.17, 15) is 9.59 Å². The minimum absolute atomic E-state index is 0.0732. The standard InChI is InChI=1S/C16H16N2O2S/c1-11(19)13-7-3-4-8-14(13)18-16(20)12(2)21-15-9-5-6-10-17-15/h3-10,12H,1-2H3,(H,18,20). The molecule has 0 saturated carbocycles. The largest absolute Gasteiger partial charge is 0.324 e. The molecule has 0 bridgehead atoms. The Hall–Kier alpha value is -2.14. The van der Waals surface area contributed by atoms with Gasteiger partial charge in [0.2, 0.25) is 5.91 Å². The molecule has 1 unspecified atom stereocenters. The number of carbonyl (C=O) groups excluding carboxylic acids is 2. The average molecular weight is 300 g/mol. The average Bonchev–Trinajstić information content (AvgIpc) is 2.48.